The maximum absolute atomic E-state index is 12.3. The van der Waals surface area contributed by atoms with Gasteiger partial charge in [-0.1, -0.05) is 30.1 Å². The average Bonchev–Trinajstić information content (AvgIpc) is 3.03. The van der Waals surface area contributed by atoms with Crippen molar-refractivity contribution in [2.75, 3.05) is 18.1 Å². The summed E-state index contributed by atoms with van der Waals surface area (Å²) in [6.07, 6.45) is 0. The fraction of sp³-hybridized carbons (Fsp3) is 0.250. The zero-order chi connectivity index (χ0) is 16.6. The molecule has 7 heteroatoms. The molecule has 0 saturated heterocycles. The van der Waals surface area contributed by atoms with Gasteiger partial charge in [0.15, 0.2) is 0 Å². The number of carbonyl (C=O) groups excluding carboxylic acids is 2. The lowest BCUT2D eigenvalue weighted by molar-refractivity contribution is -0.114. The number of thiophene rings is 1. The van der Waals surface area contributed by atoms with Crippen LogP contribution in [0.1, 0.15) is 22.2 Å². The number of rotatable bonds is 5. The van der Waals surface area contributed by atoms with Crippen molar-refractivity contribution in [2.24, 2.45) is 0 Å². The highest BCUT2D eigenvalue weighted by Gasteiger charge is 2.36. The summed E-state index contributed by atoms with van der Waals surface area (Å²) >= 11 is 13.4. The summed E-state index contributed by atoms with van der Waals surface area (Å²) in [7, 11) is 0. The molecule has 0 saturated carbocycles. The lowest BCUT2D eigenvalue weighted by atomic mass is 10.1. The summed E-state index contributed by atoms with van der Waals surface area (Å²) in [5.74, 6) is -1.01. The van der Waals surface area contributed by atoms with E-state index in [-0.39, 0.29) is 0 Å². The van der Waals surface area contributed by atoms with Crippen molar-refractivity contribution in [3.05, 3.63) is 50.1 Å². The third kappa shape index (κ3) is 3.28. The van der Waals surface area contributed by atoms with E-state index in [1.54, 1.807) is 18.2 Å². The first-order valence-electron chi connectivity index (χ1n) is 7.12. The molecule has 3 rings (SSSR count). The summed E-state index contributed by atoms with van der Waals surface area (Å²) in [5, 5.41) is 0.451. The molecule has 2 aromatic rings. The first-order valence-corrected chi connectivity index (χ1v) is 8.69. The average molecular weight is 369 g/mol. The van der Waals surface area contributed by atoms with Crippen molar-refractivity contribution in [3.63, 3.8) is 0 Å². The summed E-state index contributed by atoms with van der Waals surface area (Å²) in [5.41, 5.74) is 0.991. The van der Waals surface area contributed by atoms with Crippen LogP contribution in [-0.2, 0) is 11.3 Å². The number of fused-ring (bicyclic) bond motifs is 1. The molecule has 0 aliphatic carbocycles. The van der Waals surface area contributed by atoms with Gasteiger partial charge in [-0.15, -0.1) is 11.3 Å². The largest absolute Gasteiger partial charge is 0.300 e. The van der Waals surface area contributed by atoms with E-state index in [1.165, 1.54) is 16.2 Å². The summed E-state index contributed by atoms with van der Waals surface area (Å²) in [4.78, 5) is 29.1. The first-order chi connectivity index (χ1) is 11.0. The number of anilines is 1. The van der Waals surface area contributed by atoms with E-state index in [0.29, 0.717) is 29.5 Å². The number of benzene rings is 1. The highest BCUT2D eigenvalue weighted by atomic mass is 35.5. The van der Waals surface area contributed by atoms with Crippen LogP contribution in [0.3, 0.4) is 0 Å². The maximum atomic E-state index is 12.3. The topological polar surface area (TPSA) is 40.6 Å². The van der Waals surface area contributed by atoms with Crippen LogP contribution in [0, 0.1) is 0 Å². The maximum Gasteiger partial charge on any atom is 0.300 e. The van der Waals surface area contributed by atoms with Crippen molar-refractivity contribution in [2.45, 2.75) is 13.5 Å². The van der Waals surface area contributed by atoms with Crippen LogP contribution >= 0.6 is 34.5 Å². The molecule has 120 valence electrons. The Labute approximate surface area is 148 Å². The van der Waals surface area contributed by atoms with Gasteiger partial charge in [0.1, 0.15) is 0 Å². The Morgan fingerprint density at radius 3 is 2.61 bits per heavy atom. The van der Waals surface area contributed by atoms with E-state index in [0.717, 1.165) is 15.8 Å². The Kier molecular flexibility index (Phi) is 4.73. The van der Waals surface area contributed by atoms with Crippen LogP contribution in [-0.4, -0.2) is 29.8 Å². The highest BCUT2D eigenvalue weighted by molar-refractivity contribution is 7.16. The lowest BCUT2D eigenvalue weighted by Crippen LogP contribution is -2.40. The summed E-state index contributed by atoms with van der Waals surface area (Å²) in [6, 6.07) is 8.79. The molecule has 1 aromatic heterocycles. The molecule has 0 spiro atoms. The van der Waals surface area contributed by atoms with E-state index in [4.69, 9.17) is 23.2 Å². The number of hydrogen-bond acceptors (Lipinski definition) is 4. The molecule has 0 atom stereocenters. The number of carbonyl (C=O) groups is 2. The van der Waals surface area contributed by atoms with E-state index in [2.05, 4.69) is 4.90 Å². The Bertz CT molecular complexity index is 775. The van der Waals surface area contributed by atoms with Crippen molar-refractivity contribution in [1.29, 1.82) is 0 Å². The molecule has 1 aromatic carbocycles. The third-order valence-corrected chi connectivity index (χ3v) is 5.18. The van der Waals surface area contributed by atoms with E-state index in [1.807, 2.05) is 19.1 Å². The molecule has 0 bridgehead atoms. The van der Waals surface area contributed by atoms with E-state index < -0.39 is 11.7 Å². The van der Waals surface area contributed by atoms with Crippen LogP contribution in [0.4, 0.5) is 5.69 Å². The summed E-state index contributed by atoms with van der Waals surface area (Å²) < 4.78 is 0.739. The number of halogens is 2. The number of Topliss-reactive ketones (excluding diaryl/α,β-unsaturated/α-hetero) is 1. The molecule has 1 aliphatic heterocycles. The van der Waals surface area contributed by atoms with Gasteiger partial charge in [-0.2, -0.15) is 0 Å². The molecule has 1 aliphatic rings. The Morgan fingerprint density at radius 2 is 1.96 bits per heavy atom. The van der Waals surface area contributed by atoms with Gasteiger partial charge in [0, 0.05) is 16.4 Å². The van der Waals surface area contributed by atoms with Crippen LogP contribution in [0.5, 0.6) is 0 Å². The standard InChI is InChI=1S/C16H14Cl2N2O2S/c1-2-19(8-11-4-6-14(18)23-11)9-20-13-5-3-10(17)7-12(13)15(21)16(20)22/h3-7H,2,8-9H2,1H3. The smallest absolute Gasteiger partial charge is 0.291 e. The molecule has 1 amide bonds. The number of hydrogen-bond donors (Lipinski definition) is 0. The predicted molar refractivity (Wildman–Crippen MR) is 93.5 cm³/mol. The van der Waals surface area contributed by atoms with Crippen LogP contribution < -0.4 is 4.90 Å². The predicted octanol–water partition coefficient (Wildman–Crippen LogP) is 4.06. The zero-order valence-corrected chi connectivity index (χ0v) is 14.7. The molecule has 0 unspecified atom stereocenters. The van der Waals surface area contributed by atoms with Crippen molar-refractivity contribution >= 4 is 51.9 Å². The molecule has 0 N–H and O–H groups in total. The Hall–Kier alpha value is -1.40. The number of amides is 1. The fourth-order valence-corrected chi connectivity index (χ4v) is 3.83. The van der Waals surface area contributed by atoms with Gasteiger partial charge in [-0.3, -0.25) is 19.4 Å². The quantitative estimate of drug-likeness (QED) is 0.747. The normalized spacial score (nSPS) is 14.0. The highest BCUT2D eigenvalue weighted by Crippen LogP contribution is 2.31. The zero-order valence-electron chi connectivity index (χ0n) is 12.4. The fourth-order valence-electron chi connectivity index (χ4n) is 2.53. The minimum absolute atomic E-state index is 0.352. The van der Waals surface area contributed by atoms with Crippen molar-refractivity contribution in [3.8, 4) is 0 Å². The molecule has 23 heavy (non-hydrogen) atoms. The molecular formula is C16H14Cl2N2O2S. The molecule has 4 nitrogen and oxygen atoms in total. The first kappa shape index (κ1) is 16.5. The second-order valence-corrected chi connectivity index (χ2v) is 7.45. The van der Waals surface area contributed by atoms with Crippen molar-refractivity contribution < 1.29 is 9.59 Å². The van der Waals surface area contributed by atoms with Crippen LogP contribution in [0.2, 0.25) is 9.36 Å². The van der Waals surface area contributed by atoms with E-state index >= 15 is 0 Å². The molecule has 0 fully saturated rings. The van der Waals surface area contributed by atoms with Gasteiger partial charge >= 0.3 is 5.91 Å². The SMILES string of the molecule is CCN(Cc1ccc(Cl)s1)CN1C(=O)C(=O)c2cc(Cl)ccc21. The summed E-state index contributed by atoms with van der Waals surface area (Å²) in [6.45, 7) is 3.79. The second kappa shape index (κ2) is 6.61. The minimum atomic E-state index is -0.509. The monoisotopic (exact) mass is 368 g/mol. The van der Waals surface area contributed by atoms with Gasteiger partial charge in [0.2, 0.25) is 0 Å². The van der Waals surface area contributed by atoms with Crippen LogP contribution in [0.15, 0.2) is 30.3 Å². The van der Waals surface area contributed by atoms with Gasteiger partial charge in [-0.25, -0.2) is 0 Å². The molecular weight excluding hydrogens is 355 g/mol. The van der Waals surface area contributed by atoms with Gasteiger partial charge in [0.05, 0.1) is 22.3 Å². The number of ketones is 1. The van der Waals surface area contributed by atoms with Gasteiger partial charge < -0.3 is 0 Å². The number of nitrogens with zero attached hydrogens (tertiary/aromatic N) is 2. The second-order valence-electron chi connectivity index (χ2n) is 5.22. The Balaban J connectivity index is 1.81. The lowest BCUT2D eigenvalue weighted by Gasteiger charge is -2.26. The van der Waals surface area contributed by atoms with Crippen LogP contribution in [0.25, 0.3) is 0 Å². The third-order valence-electron chi connectivity index (χ3n) is 3.73. The van der Waals surface area contributed by atoms with Gasteiger partial charge in [-0.05, 0) is 36.9 Å². The van der Waals surface area contributed by atoms with E-state index in [9.17, 15) is 9.59 Å². The molecule has 0 radical (unpaired) electrons. The minimum Gasteiger partial charge on any atom is -0.291 e. The Morgan fingerprint density at radius 1 is 1.17 bits per heavy atom. The van der Waals surface area contributed by atoms with Crippen molar-refractivity contribution in [1.82, 2.24) is 4.90 Å². The molecule has 2 heterocycles. The van der Waals surface area contributed by atoms with Gasteiger partial charge in [0.25, 0.3) is 5.78 Å².